The lowest BCUT2D eigenvalue weighted by Gasteiger charge is -2.15. The van der Waals surface area contributed by atoms with Gasteiger partial charge in [-0.2, -0.15) is 0 Å². The van der Waals surface area contributed by atoms with Crippen LogP contribution in [0.4, 0.5) is 0 Å². The van der Waals surface area contributed by atoms with Crippen LogP contribution in [0.15, 0.2) is 103 Å². The number of imidazole rings is 1. The van der Waals surface area contributed by atoms with Gasteiger partial charge in [-0.25, -0.2) is 4.98 Å². The molecule has 0 bridgehead atoms. The second kappa shape index (κ2) is 11.8. The first-order valence-corrected chi connectivity index (χ1v) is 13.2. The molecule has 1 N–H and O–H groups in total. The highest BCUT2D eigenvalue weighted by Crippen LogP contribution is 2.26. The third kappa shape index (κ3) is 5.94. The molecule has 0 aliphatic carbocycles. The molecule has 0 saturated carbocycles. The van der Waals surface area contributed by atoms with Crippen molar-refractivity contribution >= 4 is 16.9 Å². The number of amides is 1. The maximum Gasteiger partial charge on any atom is 0.224 e. The van der Waals surface area contributed by atoms with Crippen molar-refractivity contribution in [1.29, 1.82) is 0 Å². The fraction of sp³-hybridized carbons (Fsp3) is 0.212. The highest BCUT2D eigenvalue weighted by Gasteiger charge is 2.13. The Morgan fingerprint density at radius 3 is 2.32 bits per heavy atom. The van der Waals surface area contributed by atoms with E-state index >= 15 is 0 Å². The van der Waals surface area contributed by atoms with Gasteiger partial charge in [-0.3, -0.25) is 4.79 Å². The zero-order valence-corrected chi connectivity index (χ0v) is 21.9. The SMILES string of the molecule is CC(C)c1ccccc1OCCn1c(CNC(=O)Cc2ccc(-c3ccccc3)cc2)nc2ccccc21. The van der Waals surface area contributed by atoms with E-state index in [1.807, 2.05) is 66.7 Å². The van der Waals surface area contributed by atoms with E-state index in [1.54, 1.807) is 0 Å². The van der Waals surface area contributed by atoms with Gasteiger partial charge in [-0.05, 0) is 46.4 Å². The molecule has 0 fully saturated rings. The quantitative estimate of drug-likeness (QED) is 0.229. The van der Waals surface area contributed by atoms with Crippen LogP contribution in [0, 0.1) is 0 Å². The second-order valence-electron chi connectivity index (χ2n) is 9.73. The summed E-state index contributed by atoms with van der Waals surface area (Å²) >= 11 is 0. The van der Waals surface area contributed by atoms with Crippen LogP contribution < -0.4 is 10.1 Å². The minimum atomic E-state index is -0.0295. The molecule has 4 aromatic carbocycles. The normalized spacial score (nSPS) is 11.1. The molecule has 0 spiro atoms. The average Bonchev–Trinajstić information content (AvgIpc) is 3.30. The second-order valence-corrected chi connectivity index (χ2v) is 9.73. The monoisotopic (exact) mass is 503 g/mol. The molecule has 192 valence electrons. The minimum Gasteiger partial charge on any atom is -0.491 e. The third-order valence-corrected chi connectivity index (χ3v) is 6.72. The number of benzene rings is 4. The van der Waals surface area contributed by atoms with E-state index in [9.17, 15) is 4.79 Å². The summed E-state index contributed by atoms with van der Waals surface area (Å²) in [4.78, 5) is 17.6. The topological polar surface area (TPSA) is 56.1 Å². The van der Waals surface area contributed by atoms with Crippen LogP contribution in [0.3, 0.4) is 0 Å². The zero-order chi connectivity index (χ0) is 26.3. The number of rotatable bonds is 10. The third-order valence-electron chi connectivity index (χ3n) is 6.72. The van der Waals surface area contributed by atoms with Crippen molar-refractivity contribution in [1.82, 2.24) is 14.9 Å². The fourth-order valence-corrected chi connectivity index (χ4v) is 4.72. The molecule has 5 aromatic rings. The molecule has 5 rings (SSSR count). The summed E-state index contributed by atoms with van der Waals surface area (Å²) in [5.41, 5.74) is 6.44. The number of nitrogens with one attached hydrogen (secondary N) is 1. The predicted molar refractivity (Wildman–Crippen MR) is 153 cm³/mol. The van der Waals surface area contributed by atoms with Crippen LogP contribution in [0.1, 0.15) is 36.7 Å². The summed E-state index contributed by atoms with van der Waals surface area (Å²) < 4.78 is 8.33. The van der Waals surface area contributed by atoms with E-state index in [1.165, 1.54) is 11.1 Å². The maximum atomic E-state index is 12.8. The number of para-hydroxylation sites is 3. The van der Waals surface area contributed by atoms with Crippen molar-refractivity contribution < 1.29 is 9.53 Å². The van der Waals surface area contributed by atoms with Gasteiger partial charge in [0, 0.05) is 0 Å². The minimum absolute atomic E-state index is 0.0295. The van der Waals surface area contributed by atoms with Crippen molar-refractivity contribution in [3.05, 3.63) is 120 Å². The van der Waals surface area contributed by atoms with Crippen LogP contribution in [-0.2, 0) is 24.3 Å². The Hall–Kier alpha value is -4.38. The lowest BCUT2D eigenvalue weighted by atomic mass is 10.0. The van der Waals surface area contributed by atoms with E-state index in [0.717, 1.165) is 33.7 Å². The Morgan fingerprint density at radius 2 is 1.53 bits per heavy atom. The van der Waals surface area contributed by atoms with Gasteiger partial charge in [0.25, 0.3) is 0 Å². The Labute approximate surface area is 224 Å². The van der Waals surface area contributed by atoms with Gasteiger partial charge in [0.2, 0.25) is 5.91 Å². The van der Waals surface area contributed by atoms with E-state index in [2.05, 4.69) is 60.1 Å². The summed E-state index contributed by atoms with van der Waals surface area (Å²) in [7, 11) is 0. The lowest BCUT2D eigenvalue weighted by molar-refractivity contribution is -0.120. The molecule has 1 aromatic heterocycles. The number of fused-ring (bicyclic) bond motifs is 1. The number of hydrogen-bond acceptors (Lipinski definition) is 3. The number of carbonyl (C=O) groups is 1. The Balaban J connectivity index is 1.23. The largest absolute Gasteiger partial charge is 0.491 e. The van der Waals surface area contributed by atoms with Gasteiger partial charge in [0.05, 0.1) is 30.5 Å². The molecule has 5 heteroatoms. The first-order chi connectivity index (χ1) is 18.6. The lowest BCUT2D eigenvalue weighted by Crippen LogP contribution is -2.26. The molecule has 0 atom stereocenters. The first kappa shape index (κ1) is 25.3. The molecule has 0 saturated heterocycles. The molecule has 0 unspecified atom stereocenters. The van der Waals surface area contributed by atoms with Crippen LogP contribution >= 0.6 is 0 Å². The summed E-state index contributed by atoms with van der Waals surface area (Å²) in [5, 5.41) is 3.06. The molecule has 0 radical (unpaired) electrons. The van der Waals surface area contributed by atoms with Crippen LogP contribution in [-0.4, -0.2) is 22.1 Å². The summed E-state index contributed by atoms with van der Waals surface area (Å²) in [6.45, 7) is 5.85. The van der Waals surface area contributed by atoms with E-state index < -0.39 is 0 Å². The highest BCUT2D eigenvalue weighted by atomic mass is 16.5. The molecular weight excluding hydrogens is 470 g/mol. The van der Waals surface area contributed by atoms with Gasteiger partial charge in [-0.1, -0.05) is 98.8 Å². The van der Waals surface area contributed by atoms with Gasteiger partial charge >= 0.3 is 0 Å². The number of nitrogens with zero attached hydrogens (tertiary/aromatic N) is 2. The van der Waals surface area contributed by atoms with E-state index in [4.69, 9.17) is 9.72 Å². The van der Waals surface area contributed by atoms with Crippen molar-refractivity contribution in [2.24, 2.45) is 0 Å². The van der Waals surface area contributed by atoms with Crippen LogP contribution in [0.25, 0.3) is 22.2 Å². The van der Waals surface area contributed by atoms with Gasteiger partial charge in [0.1, 0.15) is 18.2 Å². The maximum absolute atomic E-state index is 12.8. The number of carbonyl (C=O) groups excluding carboxylic acids is 1. The molecule has 5 nitrogen and oxygen atoms in total. The first-order valence-electron chi connectivity index (χ1n) is 13.2. The van der Waals surface area contributed by atoms with Gasteiger partial charge in [0.15, 0.2) is 0 Å². The predicted octanol–water partition coefficient (Wildman–Crippen LogP) is 6.76. The number of hydrogen-bond donors (Lipinski definition) is 1. The van der Waals surface area contributed by atoms with E-state index in [-0.39, 0.29) is 5.91 Å². The van der Waals surface area contributed by atoms with Gasteiger partial charge in [-0.15, -0.1) is 0 Å². The fourth-order valence-electron chi connectivity index (χ4n) is 4.72. The van der Waals surface area contributed by atoms with Crippen molar-refractivity contribution in [2.75, 3.05) is 6.61 Å². The molecule has 0 aliphatic rings. The summed E-state index contributed by atoms with van der Waals surface area (Å²) in [6, 6.07) is 34.6. The standard InChI is InChI=1S/C33H33N3O2/c1-24(2)28-12-6-9-15-31(28)38-21-20-36-30-14-8-7-13-29(30)35-32(36)23-34-33(37)22-25-16-18-27(19-17-25)26-10-4-3-5-11-26/h3-19,24H,20-23H2,1-2H3,(H,34,37). The average molecular weight is 504 g/mol. The Morgan fingerprint density at radius 1 is 0.842 bits per heavy atom. The smallest absolute Gasteiger partial charge is 0.224 e. The molecule has 1 amide bonds. The molecule has 0 aliphatic heterocycles. The number of aromatic nitrogens is 2. The molecule has 38 heavy (non-hydrogen) atoms. The van der Waals surface area contributed by atoms with Crippen molar-refractivity contribution in [3.8, 4) is 16.9 Å². The van der Waals surface area contributed by atoms with Crippen molar-refractivity contribution in [3.63, 3.8) is 0 Å². The molecular formula is C33H33N3O2. The Kier molecular flexibility index (Phi) is 7.84. The molecule has 1 heterocycles. The Bertz CT molecular complexity index is 1500. The van der Waals surface area contributed by atoms with Crippen LogP contribution in [0.5, 0.6) is 5.75 Å². The number of ether oxygens (including phenoxy) is 1. The highest BCUT2D eigenvalue weighted by molar-refractivity contribution is 5.79. The van der Waals surface area contributed by atoms with Crippen LogP contribution in [0.2, 0.25) is 0 Å². The van der Waals surface area contributed by atoms with Crippen molar-refractivity contribution in [2.45, 2.75) is 39.3 Å². The van der Waals surface area contributed by atoms with E-state index in [0.29, 0.717) is 32.0 Å². The summed E-state index contributed by atoms with van der Waals surface area (Å²) in [6.07, 6.45) is 0.324. The zero-order valence-electron chi connectivity index (χ0n) is 21.9. The summed E-state index contributed by atoms with van der Waals surface area (Å²) in [5.74, 6) is 2.10. The van der Waals surface area contributed by atoms with Gasteiger partial charge < -0.3 is 14.6 Å².